The van der Waals surface area contributed by atoms with Crippen LogP contribution in [0.25, 0.3) is 0 Å². The van der Waals surface area contributed by atoms with Crippen molar-refractivity contribution in [2.24, 2.45) is 0 Å². The van der Waals surface area contributed by atoms with Crippen LogP contribution in [0.2, 0.25) is 5.02 Å². The van der Waals surface area contributed by atoms with Crippen molar-refractivity contribution in [2.75, 3.05) is 18.5 Å². The molecule has 1 aliphatic rings. The molecule has 0 saturated heterocycles. The molecule has 26 heavy (non-hydrogen) atoms. The molecule has 1 aliphatic heterocycles. The number of phenols is 1. The van der Waals surface area contributed by atoms with Crippen LogP contribution < -0.4 is 14.8 Å². The Balaban J connectivity index is 1.64. The van der Waals surface area contributed by atoms with Gasteiger partial charge in [0.25, 0.3) is 5.91 Å². The minimum Gasteiger partial charge on any atom is -0.507 e. The number of rotatable bonds is 4. The highest BCUT2D eigenvalue weighted by molar-refractivity contribution is 6.31. The van der Waals surface area contributed by atoms with Gasteiger partial charge in [0, 0.05) is 16.8 Å². The van der Waals surface area contributed by atoms with Crippen molar-refractivity contribution in [1.82, 2.24) is 0 Å². The van der Waals surface area contributed by atoms with Gasteiger partial charge in [-0.1, -0.05) is 11.6 Å². The summed E-state index contributed by atoms with van der Waals surface area (Å²) in [5.41, 5.74) is 0.365. The lowest BCUT2D eigenvalue weighted by molar-refractivity contribution is -0.123. The smallest absolute Gasteiger partial charge is 0.342 e. The van der Waals surface area contributed by atoms with Gasteiger partial charge in [-0.2, -0.15) is 0 Å². The molecule has 0 aliphatic carbocycles. The molecule has 8 heteroatoms. The first kappa shape index (κ1) is 17.9. The quantitative estimate of drug-likeness (QED) is 0.795. The molecule has 0 unspecified atom stereocenters. The molecule has 0 saturated carbocycles. The Hall–Kier alpha value is -2.93. The molecule has 136 valence electrons. The molecule has 0 aromatic heterocycles. The second-order valence-electron chi connectivity index (χ2n) is 5.56. The summed E-state index contributed by atoms with van der Waals surface area (Å²) in [5.74, 6) is -0.530. The number of amides is 1. The maximum atomic E-state index is 12.3. The lowest BCUT2D eigenvalue weighted by Gasteiger charge is -2.19. The monoisotopic (exact) mass is 377 g/mol. The van der Waals surface area contributed by atoms with Crippen molar-refractivity contribution < 1.29 is 28.9 Å². The lowest BCUT2D eigenvalue weighted by atomic mass is 10.2. The van der Waals surface area contributed by atoms with Crippen LogP contribution in [0.4, 0.5) is 5.69 Å². The third-order valence-corrected chi connectivity index (χ3v) is 3.88. The number of carbonyl (C=O) groups excluding carboxylic acids is 2. The van der Waals surface area contributed by atoms with Crippen LogP contribution >= 0.6 is 11.6 Å². The van der Waals surface area contributed by atoms with E-state index in [1.165, 1.54) is 25.1 Å². The molecular weight excluding hydrogens is 362 g/mol. The normalized spacial score (nSPS) is 13.6. The van der Waals surface area contributed by atoms with Crippen molar-refractivity contribution in [3.63, 3.8) is 0 Å². The van der Waals surface area contributed by atoms with Crippen LogP contribution in [0.5, 0.6) is 17.2 Å². The molecule has 2 aromatic rings. The fourth-order valence-electron chi connectivity index (χ4n) is 2.31. The van der Waals surface area contributed by atoms with Crippen LogP contribution in [0.15, 0.2) is 36.4 Å². The molecule has 2 N–H and O–H groups in total. The van der Waals surface area contributed by atoms with Gasteiger partial charge >= 0.3 is 5.97 Å². The van der Waals surface area contributed by atoms with Crippen molar-refractivity contribution in [1.29, 1.82) is 0 Å². The number of ether oxygens (including phenoxy) is 3. The number of carbonyl (C=O) groups is 2. The highest BCUT2D eigenvalue weighted by Gasteiger charge is 2.22. The summed E-state index contributed by atoms with van der Waals surface area (Å²) in [4.78, 5) is 24.4. The highest BCUT2D eigenvalue weighted by atomic mass is 35.5. The third-order valence-electron chi connectivity index (χ3n) is 3.64. The highest BCUT2D eigenvalue weighted by Crippen LogP contribution is 2.32. The number of esters is 1. The minimum atomic E-state index is -1.09. The Labute approximate surface area is 154 Å². The number of nitrogens with one attached hydrogen (secondary N) is 1. The summed E-state index contributed by atoms with van der Waals surface area (Å²) in [6.45, 7) is 2.33. The fourth-order valence-corrected chi connectivity index (χ4v) is 2.49. The minimum absolute atomic E-state index is 0.114. The summed E-state index contributed by atoms with van der Waals surface area (Å²) < 4.78 is 16.0. The zero-order valence-corrected chi connectivity index (χ0v) is 14.6. The number of hydrogen-bond donors (Lipinski definition) is 2. The van der Waals surface area contributed by atoms with E-state index in [1.54, 1.807) is 18.2 Å². The van der Waals surface area contributed by atoms with Gasteiger partial charge in [-0.15, -0.1) is 0 Å². The van der Waals surface area contributed by atoms with Gasteiger partial charge in [0.2, 0.25) is 0 Å². The van der Waals surface area contributed by atoms with Gasteiger partial charge < -0.3 is 24.6 Å². The predicted molar refractivity (Wildman–Crippen MR) is 94.1 cm³/mol. The Kier molecular flexibility index (Phi) is 5.18. The van der Waals surface area contributed by atoms with Gasteiger partial charge in [0.15, 0.2) is 17.6 Å². The average molecular weight is 378 g/mol. The van der Waals surface area contributed by atoms with E-state index < -0.39 is 18.0 Å². The molecular formula is C18H16ClNO6. The maximum absolute atomic E-state index is 12.3. The molecule has 7 nitrogen and oxygen atoms in total. The SMILES string of the molecule is C[C@@H](OC(=O)c1cc(Cl)ccc1O)C(=O)Nc1ccc2c(c1)OCCO2. The second kappa shape index (κ2) is 7.53. The van der Waals surface area contributed by atoms with Crippen molar-refractivity contribution >= 4 is 29.2 Å². The van der Waals surface area contributed by atoms with Crippen molar-refractivity contribution in [2.45, 2.75) is 13.0 Å². The van der Waals surface area contributed by atoms with Crippen LogP contribution in [-0.4, -0.2) is 36.3 Å². The predicted octanol–water partition coefficient (Wildman–Crippen LogP) is 3.00. The van der Waals surface area contributed by atoms with Crippen LogP contribution in [0.1, 0.15) is 17.3 Å². The summed E-state index contributed by atoms with van der Waals surface area (Å²) in [5, 5.41) is 12.6. The largest absolute Gasteiger partial charge is 0.507 e. The number of aromatic hydroxyl groups is 1. The fraction of sp³-hybridized carbons (Fsp3) is 0.222. The van der Waals surface area contributed by atoms with Gasteiger partial charge in [-0.3, -0.25) is 4.79 Å². The number of anilines is 1. The van der Waals surface area contributed by atoms with E-state index in [1.807, 2.05) is 0 Å². The molecule has 3 rings (SSSR count). The summed E-state index contributed by atoms with van der Waals surface area (Å²) in [7, 11) is 0. The molecule has 1 heterocycles. The third kappa shape index (κ3) is 4.00. The standard InChI is InChI=1S/C18H16ClNO6/c1-10(26-18(23)13-8-11(19)2-4-14(13)21)17(22)20-12-3-5-15-16(9-12)25-7-6-24-15/h2-5,8-10,21H,6-7H2,1H3,(H,20,22)/t10-/m1/s1. The Bertz CT molecular complexity index is 854. The van der Waals surface area contributed by atoms with E-state index in [2.05, 4.69) is 5.32 Å². The first-order valence-electron chi connectivity index (χ1n) is 7.84. The number of benzene rings is 2. The number of phenolic OH excluding ortho intramolecular Hbond substituents is 1. The Morgan fingerprint density at radius 3 is 2.65 bits per heavy atom. The second-order valence-corrected chi connectivity index (χ2v) is 5.99. The van der Waals surface area contributed by atoms with E-state index in [-0.39, 0.29) is 16.3 Å². The Morgan fingerprint density at radius 1 is 1.15 bits per heavy atom. The molecule has 0 spiro atoms. The van der Waals surface area contributed by atoms with Gasteiger partial charge in [-0.05, 0) is 37.3 Å². The topological polar surface area (TPSA) is 94.1 Å². The zero-order chi connectivity index (χ0) is 18.7. The van der Waals surface area contributed by atoms with Crippen molar-refractivity contribution in [3.05, 3.63) is 47.0 Å². The number of fused-ring (bicyclic) bond motifs is 1. The van der Waals surface area contributed by atoms with E-state index in [0.717, 1.165) is 0 Å². The van der Waals surface area contributed by atoms with E-state index in [0.29, 0.717) is 30.4 Å². The first-order valence-corrected chi connectivity index (χ1v) is 8.22. The van der Waals surface area contributed by atoms with E-state index in [9.17, 15) is 14.7 Å². The molecule has 1 atom stereocenters. The summed E-state index contributed by atoms with van der Waals surface area (Å²) >= 11 is 5.81. The maximum Gasteiger partial charge on any atom is 0.342 e. The van der Waals surface area contributed by atoms with Crippen molar-refractivity contribution in [3.8, 4) is 17.2 Å². The summed E-state index contributed by atoms with van der Waals surface area (Å²) in [6.07, 6.45) is -1.09. The van der Waals surface area contributed by atoms with Gasteiger partial charge in [0.1, 0.15) is 24.5 Å². The zero-order valence-electron chi connectivity index (χ0n) is 13.8. The van der Waals surface area contributed by atoms with E-state index >= 15 is 0 Å². The van der Waals surface area contributed by atoms with E-state index in [4.69, 9.17) is 25.8 Å². The lowest BCUT2D eigenvalue weighted by Crippen LogP contribution is -2.30. The number of halogens is 1. The van der Waals surface area contributed by atoms with Crippen LogP contribution in [0.3, 0.4) is 0 Å². The average Bonchev–Trinajstić information content (AvgIpc) is 2.63. The number of hydrogen-bond acceptors (Lipinski definition) is 6. The van der Waals surface area contributed by atoms with Crippen LogP contribution in [0, 0.1) is 0 Å². The molecule has 0 radical (unpaired) electrons. The summed E-state index contributed by atoms with van der Waals surface area (Å²) in [6, 6.07) is 8.95. The molecule has 0 bridgehead atoms. The molecule has 0 fully saturated rings. The van der Waals surface area contributed by atoms with Gasteiger partial charge in [0.05, 0.1) is 0 Å². The first-order chi connectivity index (χ1) is 12.4. The van der Waals surface area contributed by atoms with Crippen LogP contribution in [-0.2, 0) is 9.53 Å². The molecule has 1 amide bonds. The van der Waals surface area contributed by atoms with Gasteiger partial charge in [-0.25, -0.2) is 4.79 Å². The molecule has 2 aromatic carbocycles. The Morgan fingerprint density at radius 2 is 1.88 bits per heavy atom.